The summed E-state index contributed by atoms with van der Waals surface area (Å²) in [5.74, 6) is -1.13. The van der Waals surface area contributed by atoms with Crippen LogP contribution in [0.4, 0.5) is 0 Å². The zero-order chi connectivity index (χ0) is 47.4. The molecule has 4 atom stereocenters. The minimum absolute atomic E-state index is 0.0126. The van der Waals surface area contributed by atoms with Gasteiger partial charge in [0.1, 0.15) is 19.8 Å². The van der Waals surface area contributed by atoms with E-state index in [1.807, 2.05) is 75.8 Å². The first-order chi connectivity index (χ1) is 30.8. The van der Waals surface area contributed by atoms with E-state index in [2.05, 4.69) is 74.6 Å². The van der Waals surface area contributed by atoms with Crippen LogP contribution in [-0.2, 0) is 32.7 Å². The number of hydrogen-bond donors (Lipinski definition) is 2. The fourth-order valence-corrected chi connectivity index (χ4v) is 5.73. The number of carbonyl (C=O) groups is 2. The minimum Gasteiger partial charge on any atom is -0.756 e. The van der Waals surface area contributed by atoms with E-state index < -0.39 is 44.7 Å². The number of phosphoric acid groups is 1. The minimum atomic E-state index is -4.71. The fraction of sp³-hybridized carbons (Fsp3) is 0.500. The number of allylic oxidation sites excluding steroid dienone is 20. The van der Waals surface area contributed by atoms with E-state index in [0.717, 1.165) is 44.9 Å². The fourth-order valence-electron chi connectivity index (χ4n) is 5.01. The number of nitrogens with zero attached hydrogens (tertiary/aromatic N) is 1. The van der Waals surface area contributed by atoms with E-state index in [1.165, 1.54) is 0 Å². The van der Waals surface area contributed by atoms with Crippen LogP contribution in [0.1, 0.15) is 104 Å². The van der Waals surface area contributed by atoms with Gasteiger partial charge in [-0.15, -0.1) is 0 Å². The highest BCUT2D eigenvalue weighted by Crippen LogP contribution is 2.38. The van der Waals surface area contributed by atoms with Crippen LogP contribution in [0.25, 0.3) is 0 Å². The van der Waals surface area contributed by atoms with E-state index in [9.17, 15) is 29.3 Å². The Morgan fingerprint density at radius 3 is 1.70 bits per heavy atom. The van der Waals surface area contributed by atoms with E-state index >= 15 is 0 Å². The molecule has 0 bridgehead atoms. The van der Waals surface area contributed by atoms with E-state index in [-0.39, 0.29) is 26.1 Å². The number of phosphoric ester groups is 1. The molecule has 0 radical (unpaired) electrons. The van der Waals surface area contributed by atoms with Crippen LogP contribution in [0, 0.1) is 0 Å². The Hall–Kier alpha value is -4.19. The Morgan fingerprint density at radius 1 is 0.594 bits per heavy atom. The molecule has 2 N–H and O–H groups in total. The maximum Gasteiger partial charge on any atom is 0.306 e. The third kappa shape index (κ3) is 44.4. The van der Waals surface area contributed by atoms with Crippen molar-refractivity contribution < 1.29 is 52.3 Å². The summed E-state index contributed by atoms with van der Waals surface area (Å²) >= 11 is 0. The van der Waals surface area contributed by atoms with Gasteiger partial charge in [0.05, 0.1) is 40.0 Å². The van der Waals surface area contributed by atoms with Gasteiger partial charge >= 0.3 is 11.9 Å². The van der Waals surface area contributed by atoms with Crippen molar-refractivity contribution in [3.8, 4) is 0 Å². The average molecular weight is 910 g/mol. The Kier molecular flexibility index (Phi) is 38.8. The number of aliphatic hydroxyl groups is 2. The first-order valence-corrected chi connectivity index (χ1v) is 24.2. The molecule has 0 aromatic carbocycles. The molecule has 11 nitrogen and oxygen atoms in total. The third-order valence-corrected chi connectivity index (χ3v) is 9.51. The number of quaternary nitrogens is 1. The van der Waals surface area contributed by atoms with Crippen molar-refractivity contribution in [3.63, 3.8) is 0 Å². The van der Waals surface area contributed by atoms with Crippen molar-refractivity contribution in [2.24, 2.45) is 0 Å². The van der Waals surface area contributed by atoms with Gasteiger partial charge in [0, 0.05) is 12.8 Å². The second-order valence-electron chi connectivity index (χ2n) is 15.7. The highest BCUT2D eigenvalue weighted by Gasteiger charge is 2.21. The third-order valence-electron chi connectivity index (χ3n) is 8.54. The van der Waals surface area contributed by atoms with Gasteiger partial charge in [0.15, 0.2) is 6.10 Å². The molecule has 0 aromatic rings. The average Bonchev–Trinajstić information content (AvgIpc) is 3.24. The van der Waals surface area contributed by atoms with Gasteiger partial charge in [-0.25, -0.2) is 0 Å². The Balaban J connectivity index is 4.74. The van der Waals surface area contributed by atoms with E-state index in [4.69, 9.17) is 18.5 Å². The van der Waals surface area contributed by atoms with E-state index in [0.29, 0.717) is 43.1 Å². The first-order valence-electron chi connectivity index (χ1n) is 22.8. The largest absolute Gasteiger partial charge is 0.756 e. The predicted octanol–water partition coefficient (Wildman–Crippen LogP) is 10.5. The molecule has 12 heteroatoms. The molecule has 0 aliphatic heterocycles. The molecule has 358 valence electrons. The summed E-state index contributed by atoms with van der Waals surface area (Å²) in [4.78, 5) is 37.6. The molecule has 0 spiro atoms. The quantitative estimate of drug-likeness (QED) is 0.0153. The molecule has 0 saturated carbocycles. The van der Waals surface area contributed by atoms with Crippen LogP contribution in [0.5, 0.6) is 0 Å². The monoisotopic (exact) mass is 910 g/mol. The van der Waals surface area contributed by atoms with Crippen LogP contribution >= 0.6 is 7.82 Å². The second-order valence-corrected chi connectivity index (χ2v) is 17.1. The number of carbonyl (C=O) groups excluding carboxylic acids is 2. The number of rotatable bonds is 38. The molecule has 1 unspecified atom stereocenters. The number of likely N-dealkylation sites (N-methyl/N-ethyl adjacent to an activating group) is 1. The molecule has 0 saturated heterocycles. The Labute approximate surface area is 386 Å². The number of aliphatic hydroxyl groups excluding tert-OH is 2. The molecular weight excluding hydrogens is 830 g/mol. The lowest BCUT2D eigenvalue weighted by molar-refractivity contribution is -0.870. The van der Waals surface area contributed by atoms with Crippen LogP contribution < -0.4 is 4.89 Å². The van der Waals surface area contributed by atoms with Crippen LogP contribution in [-0.4, -0.2) is 92.5 Å². The summed E-state index contributed by atoms with van der Waals surface area (Å²) in [6.07, 6.45) is 54.0. The summed E-state index contributed by atoms with van der Waals surface area (Å²) in [7, 11) is 0.967. The number of esters is 2. The standard InChI is InChI=1S/C52H80NO10P/c1-6-8-10-11-12-13-14-15-16-17-18-19-20-21-22-23-27-30-36-42-51(56)60-46-50(47-62-64(58,59)61-45-44-53(3,4)5)63-52(57)43-37-31-35-41-49(55)40-34-29-26-24-25-28-33-39-48(54)38-32-9-7-2/h8-10,12-13,15-16,18-19,21-22,25-30,32-35,39-41,48-50,54-55H,6-7,11,14,17,20,23-24,31,36-38,42-47H2,1-5H3/b10-8-,13-12-,16-15-,19-18-,22-21-,28-25-,29-26-,30-27-,32-9-,39-33+,40-34+,41-35-/t48-,49-,50+/m0/s1. The number of unbranched alkanes of at least 4 members (excludes halogenated alkanes) is 1. The van der Waals surface area contributed by atoms with Gasteiger partial charge in [-0.1, -0.05) is 160 Å². The van der Waals surface area contributed by atoms with Crippen molar-refractivity contribution in [1.29, 1.82) is 0 Å². The molecular formula is C52H80NO10P. The van der Waals surface area contributed by atoms with Crippen molar-refractivity contribution >= 4 is 19.8 Å². The lowest BCUT2D eigenvalue weighted by Crippen LogP contribution is -2.37. The predicted molar refractivity (Wildman–Crippen MR) is 261 cm³/mol. The van der Waals surface area contributed by atoms with Crippen LogP contribution in [0.2, 0.25) is 0 Å². The van der Waals surface area contributed by atoms with Gasteiger partial charge in [-0.2, -0.15) is 0 Å². The van der Waals surface area contributed by atoms with Crippen LogP contribution in [0.3, 0.4) is 0 Å². The molecule has 0 fully saturated rings. The highest BCUT2D eigenvalue weighted by atomic mass is 31.2. The van der Waals surface area contributed by atoms with E-state index in [1.54, 1.807) is 30.4 Å². The molecule has 0 amide bonds. The van der Waals surface area contributed by atoms with Gasteiger partial charge in [-0.05, 0) is 77.0 Å². The number of ether oxygens (including phenoxy) is 2. The summed E-state index contributed by atoms with van der Waals surface area (Å²) in [5, 5.41) is 20.1. The highest BCUT2D eigenvalue weighted by molar-refractivity contribution is 7.45. The molecule has 0 aromatic heterocycles. The van der Waals surface area contributed by atoms with Crippen LogP contribution in [0.15, 0.2) is 146 Å². The molecule has 0 aliphatic carbocycles. The zero-order valence-corrected chi connectivity index (χ0v) is 40.3. The number of hydrogen-bond acceptors (Lipinski definition) is 10. The summed E-state index contributed by atoms with van der Waals surface area (Å²) in [6, 6.07) is 0. The normalized spacial score (nSPS) is 15.8. The van der Waals surface area contributed by atoms with Gasteiger partial charge in [0.2, 0.25) is 0 Å². The lowest BCUT2D eigenvalue weighted by atomic mass is 10.2. The topological polar surface area (TPSA) is 152 Å². The molecule has 0 rings (SSSR count). The maximum atomic E-state index is 12.7. The Bertz CT molecular complexity index is 1620. The summed E-state index contributed by atoms with van der Waals surface area (Å²) in [5.41, 5.74) is 0. The van der Waals surface area contributed by atoms with Gasteiger partial charge < -0.3 is 38.1 Å². The van der Waals surface area contributed by atoms with Gasteiger partial charge in [0.25, 0.3) is 7.82 Å². The lowest BCUT2D eigenvalue weighted by Gasteiger charge is -2.28. The van der Waals surface area contributed by atoms with Crippen molar-refractivity contribution in [2.75, 3.05) is 47.5 Å². The zero-order valence-electron chi connectivity index (χ0n) is 39.4. The molecule has 0 aliphatic rings. The molecule has 0 heterocycles. The second kappa shape index (κ2) is 41.5. The SMILES string of the molecule is CC/C=C\C/C=C\C/C=C\C/C=C\C/C=C\C/C=C\CCC(=O)OC[C@H](COP(=O)([O-])OCC[N+](C)(C)C)OC(=O)CCC/C=C\[C@@H](O)/C=C/C=C\C/C=C\C=C\[C@@H](O)C/C=C\CC. The van der Waals surface area contributed by atoms with Crippen molar-refractivity contribution in [1.82, 2.24) is 0 Å². The van der Waals surface area contributed by atoms with Crippen molar-refractivity contribution in [3.05, 3.63) is 146 Å². The van der Waals surface area contributed by atoms with Gasteiger partial charge in [-0.3, -0.25) is 14.2 Å². The first kappa shape index (κ1) is 59.8. The Morgan fingerprint density at radius 2 is 1.12 bits per heavy atom. The summed E-state index contributed by atoms with van der Waals surface area (Å²) in [6.45, 7) is 3.56. The smallest absolute Gasteiger partial charge is 0.306 e. The maximum absolute atomic E-state index is 12.7. The summed E-state index contributed by atoms with van der Waals surface area (Å²) < 4.78 is 33.6. The molecule has 64 heavy (non-hydrogen) atoms. The van der Waals surface area contributed by atoms with Crippen molar-refractivity contribution in [2.45, 2.75) is 122 Å².